The number of hydrogen-bond donors (Lipinski definition) is 5. The van der Waals surface area contributed by atoms with Crippen LogP contribution < -0.4 is 0 Å². The minimum atomic E-state index is -4.78. The third-order valence-electron chi connectivity index (χ3n) is 7.63. The lowest BCUT2D eigenvalue weighted by Crippen LogP contribution is -2.51. The zero-order chi connectivity index (χ0) is 31.1. The summed E-state index contributed by atoms with van der Waals surface area (Å²) >= 11 is 0. The molecule has 1 fully saturated rings. The van der Waals surface area contributed by atoms with E-state index in [0.717, 1.165) is 10.7 Å². The second-order valence-corrected chi connectivity index (χ2v) is 12.8. The summed E-state index contributed by atoms with van der Waals surface area (Å²) in [7, 11) is -1.95. The molecule has 1 aliphatic heterocycles. The van der Waals surface area contributed by atoms with Crippen LogP contribution in [0.1, 0.15) is 34.1 Å². The Morgan fingerprint density at radius 3 is 2.21 bits per heavy atom. The van der Waals surface area contributed by atoms with Crippen LogP contribution in [0, 0.1) is 17.5 Å². The highest BCUT2D eigenvalue weighted by Gasteiger charge is 2.49. The lowest BCUT2D eigenvalue weighted by Gasteiger charge is -2.49. The number of aliphatic hydroxyl groups excluding tert-OH is 4. The molecule has 0 spiro atoms. The minimum Gasteiger partial charge on any atom is -0.395 e. The topological polar surface area (TPSA) is 112 Å². The van der Waals surface area contributed by atoms with Gasteiger partial charge in [-0.3, -0.25) is 0 Å². The van der Waals surface area contributed by atoms with Crippen LogP contribution in [0.3, 0.4) is 0 Å². The normalized spacial score (nSPS) is 24.9. The average molecular weight is 628 g/mol. The first-order valence-corrected chi connectivity index (χ1v) is 14.8. The SMILES string of the molecule is OC[C@@H]1[C@H](O)[C@@H](n2cc(-c3cc(F)c(F)c(F)c3)nn2)[C@@H](O)C[SH]1[C@H](c1ccccc1C(F)(F)F)[C@@H](O)c1ccccc1. The van der Waals surface area contributed by atoms with E-state index in [0.29, 0.717) is 17.7 Å². The number of alkyl halides is 3. The maximum Gasteiger partial charge on any atom is 0.416 e. The van der Waals surface area contributed by atoms with Crippen molar-refractivity contribution in [1.82, 2.24) is 15.0 Å². The second kappa shape index (κ2) is 12.3. The van der Waals surface area contributed by atoms with Gasteiger partial charge in [-0.15, -0.1) is 5.10 Å². The van der Waals surface area contributed by atoms with E-state index in [9.17, 15) is 46.8 Å². The van der Waals surface area contributed by atoms with Crippen molar-refractivity contribution in [1.29, 1.82) is 0 Å². The summed E-state index contributed by atoms with van der Waals surface area (Å²) < 4.78 is 84.5. The van der Waals surface area contributed by atoms with Crippen LogP contribution in [0.4, 0.5) is 26.3 Å². The summed E-state index contributed by atoms with van der Waals surface area (Å²) in [4.78, 5) is 0. The number of halogens is 6. The maximum atomic E-state index is 14.2. The van der Waals surface area contributed by atoms with Crippen molar-refractivity contribution in [3.63, 3.8) is 0 Å². The Bertz CT molecular complexity index is 1550. The van der Waals surface area contributed by atoms with Crippen LogP contribution in [-0.4, -0.2) is 65.2 Å². The van der Waals surface area contributed by atoms with Gasteiger partial charge in [0, 0.05) is 21.8 Å². The molecule has 14 heteroatoms. The highest BCUT2D eigenvalue weighted by atomic mass is 32.2. The largest absolute Gasteiger partial charge is 0.416 e. The molecule has 0 aliphatic carbocycles. The molecule has 1 saturated heterocycles. The molecule has 1 aromatic heterocycles. The Labute approximate surface area is 244 Å². The number of benzene rings is 3. The van der Waals surface area contributed by atoms with Crippen LogP contribution in [0.2, 0.25) is 0 Å². The third-order valence-corrected chi connectivity index (χ3v) is 11.0. The molecule has 7 nitrogen and oxygen atoms in total. The number of aliphatic hydroxyl groups is 4. The molecule has 43 heavy (non-hydrogen) atoms. The first kappa shape index (κ1) is 31.0. The number of thiol groups is 1. The lowest BCUT2D eigenvalue weighted by molar-refractivity contribution is -0.138. The molecule has 4 aromatic rings. The monoisotopic (exact) mass is 627 g/mol. The van der Waals surface area contributed by atoms with Crippen molar-refractivity contribution >= 4 is 10.9 Å². The highest BCUT2D eigenvalue weighted by Crippen LogP contribution is 2.59. The summed E-state index contributed by atoms with van der Waals surface area (Å²) in [5.74, 6) is -4.81. The molecule has 0 amide bonds. The lowest BCUT2D eigenvalue weighted by atomic mass is 9.96. The van der Waals surface area contributed by atoms with Crippen molar-refractivity contribution < 1.29 is 46.8 Å². The first-order chi connectivity index (χ1) is 20.4. The van der Waals surface area contributed by atoms with Gasteiger partial charge in [0.2, 0.25) is 0 Å². The molecule has 1 unspecified atom stereocenters. The van der Waals surface area contributed by atoms with Gasteiger partial charge in [-0.2, -0.15) is 13.2 Å². The van der Waals surface area contributed by atoms with E-state index in [1.165, 1.54) is 24.4 Å². The van der Waals surface area contributed by atoms with Crippen LogP contribution >= 0.6 is 10.9 Å². The quantitative estimate of drug-likeness (QED) is 0.117. The predicted octanol–water partition coefficient (Wildman–Crippen LogP) is 4.49. The molecule has 230 valence electrons. The Morgan fingerprint density at radius 1 is 0.953 bits per heavy atom. The zero-order valence-electron chi connectivity index (χ0n) is 22.2. The molecule has 5 rings (SSSR count). The van der Waals surface area contributed by atoms with Crippen molar-refractivity contribution in [2.45, 2.75) is 41.0 Å². The van der Waals surface area contributed by atoms with E-state index in [4.69, 9.17) is 0 Å². The molecule has 3 aromatic carbocycles. The number of rotatable bonds is 7. The minimum absolute atomic E-state index is 0.109. The number of hydrogen-bond acceptors (Lipinski definition) is 6. The fraction of sp³-hybridized carbons (Fsp3) is 0.310. The molecular formula is C29H27F6N3O4S. The summed E-state index contributed by atoms with van der Waals surface area (Å²) in [6, 6.07) is 12.9. The summed E-state index contributed by atoms with van der Waals surface area (Å²) in [5, 5.41) is 50.0. The Balaban J connectivity index is 1.54. The molecule has 1 aliphatic rings. The molecule has 0 radical (unpaired) electrons. The van der Waals surface area contributed by atoms with Gasteiger partial charge in [0.1, 0.15) is 11.7 Å². The van der Waals surface area contributed by atoms with Crippen LogP contribution in [0.5, 0.6) is 0 Å². The summed E-state index contributed by atoms with van der Waals surface area (Å²) in [6.45, 7) is -0.696. The maximum absolute atomic E-state index is 14.2. The summed E-state index contributed by atoms with van der Waals surface area (Å²) in [6.07, 6.45) is -8.12. The van der Waals surface area contributed by atoms with Gasteiger partial charge in [0.05, 0.1) is 36.7 Å². The van der Waals surface area contributed by atoms with E-state index >= 15 is 0 Å². The predicted molar refractivity (Wildman–Crippen MR) is 147 cm³/mol. The third kappa shape index (κ3) is 6.02. The van der Waals surface area contributed by atoms with E-state index in [-0.39, 0.29) is 22.6 Å². The fourth-order valence-electron chi connectivity index (χ4n) is 5.61. The number of nitrogens with zero attached hydrogens (tertiary/aromatic N) is 3. The second-order valence-electron chi connectivity index (χ2n) is 10.2. The highest BCUT2D eigenvalue weighted by molar-refractivity contribution is 8.17. The van der Waals surface area contributed by atoms with Gasteiger partial charge in [-0.1, -0.05) is 53.7 Å². The van der Waals surface area contributed by atoms with Crippen molar-refractivity contribution in [2.24, 2.45) is 0 Å². The van der Waals surface area contributed by atoms with Gasteiger partial charge in [-0.05, 0) is 29.3 Å². The average Bonchev–Trinajstić information content (AvgIpc) is 3.46. The smallest absolute Gasteiger partial charge is 0.395 e. The Morgan fingerprint density at radius 2 is 1.58 bits per heavy atom. The fourth-order valence-corrected chi connectivity index (χ4v) is 9.06. The molecule has 0 bridgehead atoms. The van der Waals surface area contributed by atoms with Gasteiger partial charge in [-0.25, -0.2) is 28.7 Å². The van der Waals surface area contributed by atoms with Crippen LogP contribution in [-0.2, 0) is 6.18 Å². The molecule has 0 saturated carbocycles. The van der Waals surface area contributed by atoms with Crippen LogP contribution in [0.25, 0.3) is 11.3 Å². The molecule has 7 atom stereocenters. The van der Waals surface area contributed by atoms with Crippen molar-refractivity contribution in [3.05, 3.63) is 107 Å². The van der Waals surface area contributed by atoms with E-state index in [1.54, 1.807) is 30.3 Å². The van der Waals surface area contributed by atoms with Crippen molar-refractivity contribution in [3.8, 4) is 11.3 Å². The summed E-state index contributed by atoms with van der Waals surface area (Å²) in [5.41, 5.74) is -1.19. The van der Waals surface area contributed by atoms with Crippen LogP contribution in [0.15, 0.2) is 72.9 Å². The van der Waals surface area contributed by atoms with E-state index in [1.807, 2.05) is 0 Å². The van der Waals surface area contributed by atoms with E-state index in [2.05, 4.69) is 10.3 Å². The first-order valence-electron chi connectivity index (χ1n) is 13.1. The Hall–Kier alpha value is -3.43. The number of aromatic nitrogens is 3. The zero-order valence-corrected chi connectivity index (χ0v) is 23.0. The standard InChI is InChI=1S/C29H27F6N3O4S/c30-19-10-16(11-20(31)24(19)32)21-12-38(37-36-21)25-22(40)14-43(23(13-39)27(25)42)28(26(41)15-6-2-1-3-7-15)17-8-4-5-9-18(17)29(33,34)35/h1-12,22-23,25-28,39-43H,13-14H2/t22-,23+,25-,26-,27-,28+/m0/s1. The molecule has 4 N–H and O–H groups in total. The van der Waals surface area contributed by atoms with E-state index < -0.39 is 81.5 Å². The van der Waals surface area contributed by atoms with Gasteiger partial charge < -0.3 is 20.4 Å². The molecular weight excluding hydrogens is 600 g/mol. The van der Waals surface area contributed by atoms with Gasteiger partial charge >= 0.3 is 6.18 Å². The van der Waals surface area contributed by atoms with Crippen molar-refractivity contribution in [2.75, 3.05) is 12.4 Å². The molecule has 2 heterocycles. The van der Waals surface area contributed by atoms with Gasteiger partial charge in [0.25, 0.3) is 0 Å². The Kier molecular flexibility index (Phi) is 8.86. The van der Waals surface area contributed by atoms with Gasteiger partial charge in [0.15, 0.2) is 17.5 Å².